The lowest BCUT2D eigenvalue weighted by Crippen LogP contribution is -2.34. The van der Waals surface area contributed by atoms with Crippen LogP contribution in [-0.2, 0) is 32.7 Å². The zero-order valence-electron chi connectivity index (χ0n) is 38.8. The molecule has 60 heavy (non-hydrogen) atoms. The number of phosphoric ester groups is 1. The highest BCUT2D eigenvalue weighted by molar-refractivity contribution is 7.47. The number of carbonyl (C=O) groups excluding carboxylic acids is 1. The second kappa shape index (κ2) is 45.5. The maximum atomic E-state index is 12.7. The van der Waals surface area contributed by atoms with E-state index in [2.05, 4.69) is 38.2 Å². The minimum absolute atomic E-state index is 0.0193. The van der Waals surface area contributed by atoms with Gasteiger partial charge in [0.1, 0.15) is 12.1 Å². The fourth-order valence-electron chi connectivity index (χ4n) is 7.11. The van der Waals surface area contributed by atoms with E-state index < -0.39 is 45.1 Å². The van der Waals surface area contributed by atoms with Gasteiger partial charge in [0.2, 0.25) is 0 Å². The summed E-state index contributed by atoms with van der Waals surface area (Å²) in [6.07, 6.45) is 50.9. The highest BCUT2D eigenvalue weighted by Crippen LogP contribution is 2.43. The van der Waals surface area contributed by atoms with Crippen LogP contribution in [0.1, 0.15) is 239 Å². The second-order valence-corrected chi connectivity index (χ2v) is 18.4. The van der Waals surface area contributed by atoms with E-state index >= 15 is 0 Å². The van der Waals surface area contributed by atoms with E-state index in [1.54, 1.807) is 0 Å². The molecule has 0 aromatic heterocycles. The van der Waals surface area contributed by atoms with Gasteiger partial charge in [-0.25, -0.2) is 4.57 Å². The third-order valence-electron chi connectivity index (χ3n) is 11.0. The lowest BCUT2D eigenvalue weighted by molar-refractivity contribution is -0.154. The summed E-state index contributed by atoms with van der Waals surface area (Å²) in [7, 11) is -4.62. The Hall–Kier alpha value is -1.55. The van der Waals surface area contributed by atoms with Gasteiger partial charge in [-0.05, 0) is 44.9 Å². The van der Waals surface area contributed by atoms with Crippen molar-refractivity contribution < 1.29 is 42.7 Å². The SMILES string of the molecule is CCCCCCC/C=C\C/C=C\CCCCCCCCCCCCOCC(COP(=O)(O)OCC(N)C(=O)O)OC(=O)CCCCCCCCCCCCCCCCCC. The van der Waals surface area contributed by atoms with E-state index in [4.69, 9.17) is 29.4 Å². The number of phosphoric acid groups is 1. The fourth-order valence-corrected chi connectivity index (χ4v) is 7.88. The van der Waals surface area contributed by atoms with Crippen LogP contribution in [0, 0.1) is 0 Å². The molecule has 0 fully saturated rings. The number of carboxylic acid groups (broad SMARTS) is 1. The average molecular weight is 872 g/mol. The lowest BCUT2D eigenvalue weighted by atomic mass is 10.0. The predicted octanol–water partition coefficient (Wildman–Crippen LogP) is 14.3. The van der Waals surface area contributed by atoms with Crippen LogP contribution in [0.25, 0.3) is 0 Å². The minimum atomic E-state index is -4.62. The number of carbonyl (C=O) groups is 2. The molecule has 0 heterocycles. The summed E-state index contributed by atoms with van der Waals surface area (Å²) in [6, 6.07) is -1.47. The number of hydrogen-bond donors (Lipinski definition) is 3. The van der Waals surface area contributed by atoms with Gasteiger partial charge in [-0.15, -0.1) is 0 Å². The summed E-state index contributed by atoms with van der Waals surface area (Å²) >= 11 is 0. The van der Waals surface area contributed by atoms with E-state index in [1.165, 1.54) is 173 Å². The second-order valence-electron chi connectivity index (χ2n) is 17.0. The smallest absolute Gasteiger partial charge is 0.472 e. The van der Waals surface area contributed by atoms with Crippen molar-refractivity contribution in [1.82, 2.24) is 0 Å². The van der Waals surface area contributed by atoms with Crippen LogP contribution in [0.15, 0.2) is 24.3 Å². The first-order valence-corrected chi connectivity index (χ1v) is 26.4. The molecule has 0 rings (SSSR count). The number of esters is 1. The van der Waals surface area contributed by atoms with Crippen LogP contribution in [0.3, 0.4) is 0 Å². The summed E-state index contributed by atoms with van der Waals surface area (Å²) < 4.78 is 33.5. The predicted molar refractivity (Wildman–Crippen MR) is 249 cm³/mol. The summed E-state index contributed by atoms with van der Waals surface area (Å²) in [6.45, 7) is 3.91. The van der Waals surface area contributed by atoms with Gasteiger partial charge in [0.15, 0.2) is 0 Å². The molecule has 3 atom stereocenters. The first kappa shape index (κ1) is 58.5. The van der Waals surface area contributed by atoms with E-state index in [-0.39, 0.29) is 13.0 Å². The molecule has 0 radical (unpaired) electrons. The molecule has 4 N–H and O–H groups in total. The van der Waals surface area contributed by atoms with Crippen LogP contribution in [-0.4, -0.2) is 60.5 Å². The molecule has 0 aliphatic heterocycles. The molecule has 354 valence electrons. The maximum Gasteiger partial charge on any atom is 0.472 e. The van der Waals surface area contributed by atoms with E-state index in [1.807, 2.05) is 0 Å². The summed E-state index contributed by atoms with van der Waals surface area (Å²) in [5.74, 6) is -1.77. The molecular formula is C49H94NO9P. The zero-order valence-corrected chi connectivity index (χ0v) is 39.7. The Kier molecular flexibility index (Phi) is 44.3. The van der Waals surface area contributed by atoms with Gasteiger partial charge in [-0.2, -0.15) is 0 Å². The Bertz CT molecular complexity index is 1060. The first-order valence-electron chi connectivity index (χ1n) is 24.9. The first-order chi connectivity index (χ1) is 29.2. The fraction of sp³-hybridized carbons (Fsp3) is 0.878. The molecule has 0 bridgehead atoms. The number of rotatable bonds is 48. The van der Waals surface area contributed by atoms with Crippen molar-refractivity contribution in [2.75, 3.05) is 26.4 Å². The van der Waals surface area contributed by atoms with Crippen LogP contribution >= 0.6 is 7.82 Å². The minimum Gasteiger partial charge on any atom is -0.480 e. The summed E-state index contributed by atoms with van der Waals surface area (Å²) in [4.78, 5) is 33.6. The molecule has 0 spiro atoms. The Morgan fingerprint density at radius 1 is 0.533 bits per heavy atom. The molecule has 0 saturated heterocycles. The van der Waals surface area contributed by atoms with Gasteiger partial charge < -0.3 is 25.2 Å². The third kappa shape index (κ3) is 44.5. The number of aliphatic carboxylic acids is 1. The molecule has 11 heteroatoms. The van der Waals surface area contributed by atoms with Gasteiger partial charge in [-0.3, -0.25) is 18.6 Å². The number of ether oxygens (including phenoxy) is 2. The number of carboxylic acids is 1. The average Bonchev–Trinajstić information content (AvgIpc) is 3.23. The molecule has 3 unspecified atom stereocenters. The zero-order chi connectivity index (χ0) is 44.0. The normalized spacial score (nSPS) is 13.9. The maximum absolute atomic E-state index is 12.7. The largest absolute Gasteiger partial charge is 0.480 e. The van der Waals surface area contributed by atoms with Crippen LogP contribution < -0.4 is 5.73 Å². The topological polar surface area (TPSA) is 155 Å². The molecule has 0 aromatic carbocycles. The molecule has 0 aliphatic carbocycles. The quantitative estimate of drug-likeness (QED) is 0.0233. The molecule has 0 aromatic rings. The molecule has 0 saturated carbocycles. The van der Waals surface area contributed by atoms with Crippen LogP contribution in [0.4, 0.5) is 0 Å². The van der Waals surface area contributed by atoms with Crippen LogP contribution in [0.2, 0.25) is 0 Å². The summed E-state index contributed by atoms with van der Waals surface area (Å²) in [5, 5.41) is 8.92. The van der Waals surface area contributed by atoms with Crippen molar-refractivity contribution >= 4 is 19.8 Å². The Morgan fingerprint density at radius 3 is 1.35 bits per heavy atom. The van der Waals surface area contributed by atoms with Gasteiger partial charge in [0, 0.05) is 13.0 Å². The number of unbranched alkanes of at least 4 members (excludes halogenated alkanes) is 30. The Labute approximate surface area is 368 Å². The molecule has 0 amide bonds. The molecule has 0 aliphatic rings. The van der Waals surface area contributed by atoms with Crippen molar-refractivity contribution in [2.45, 2.75) is 251 Å². The van der Waals surface area contributed by atoms with Crippen molar-refractivity contribution in [3.05, 3.63) is 24.3 Å². The van der Waals surface area contributed by atoms with Crippen molar-refractivity contribution in [3.8, 4) is 0 Å². The van der Waals surface area contributed by atoms with Gasteiger partial charge in [0.05, 0.1) is 19.8 Å². The van der Waals surface area contributed by atoms with Gasteiger partial charge >= 0.3 is 19.8 Å². The Balaban J connectivity index is 4.12. The third-order valence-corrected chi connectivity index (χ3v) is 11.9. The highest BCUT2D eigenvalue weighted by atomic mass is 31.2. The standard InChI is InChI=1S/C49H94NO9P/c1-3-5-7-9-11-13-15-17-19-21-22-23-24-25-26-28-30-32-34-36-38-40-42-56-43-46(44-57-60(54,55)58-45-47(50)49(52)53)59-48(51)41-39-37-35-33-31-29-27-20-18-16-14-12-10-8-6-4-2/h15,17,21-22,46-47H,3-14,16,18-20,23-45,50H2,1-2H3,(H,52,53)(H,54,55)/b17-15-,22-21-. The van der Waals surface area contributed by atoms with Crippen molar-refractivity contribution in [3.63, 3.8) is 0 Å². The monoisotopic (exact) mass is 872 g/mol. The number of nitrogens with two attached hydrogens (primary N) is 1. The van der Waals surface area contributed by atoms with Crippen LogP contribution in [0.5, 0.6) is 0 Å². The number of hydrogen-bond acceptors (Lipinski definition) is 8. The molecular weight excluding hydrogens is 778 g/mol. The van der Waals surface area contributed by atoms with Gasteiger partial charge in [0.25, 0.3) is 0 Å². The van der Waals surface area contributed by atoms with Crippen molar-refractivity contribution in [1.29, 1.82) is 0 Å². The van der Waals surface area contributed by atoms with Gasteiger partial charge in [-0.1, -0.05) is 212 Å². The number of allylic oxidation sites excluding steroid dienone is 4. The van der Waals surface area contributed by atoms with E-state index in [9.17, 15) is 19.0 Å². The van der Waals surface area contributed by atoms with E-state index in [0.29, 0.717) is 6.61 Å². The Morgan fingerprint density at radius 2 is 0.917 bits per heavy atom. The van der Waals surface area contributed by atoms with E-state index in [0.717, 1.165) is 44.9 Å². The highest BCUT2D eigenvalue weighted by Gasteiger charge is 2.27. The van der Waals surface area contributed by atoms with Crippen molar-refractivity contribution in [2.24, 2.45) is 5.73 Å². The molecule has 10 nitrogen and oxygen atoms in total. The summed E-state index contributed by atoms with van der Waals surface area (Å²) in [5.41, 5.74) is 5.37. The lowest BCUT2D eigenvalue weighted by Gasteiger charge is -2.20.